The van der Waals surface area contributed by atoms with E-state index in [9.17, 15) is 27.7 Å². The topological polar surface area (TPSA) is 127 Å². The van der Waals surface area contributed by atoms with Crippen molar-refractivity contribution in [3.05, 3.63) is 34.1 Å². The van der Waals surface area contributed by atoms with Gasteiger partial charge in [0, 0.05) is 6.07 Å². The molecule has 0 aliphatic rings. The Morgan fingerprint density at radius 1 is 1.45 bits per heavy atom. The molecule has 0 fully saturated rings. The highest BCUT2D eigenvalue weighted by molar-refractivity contribution is 7.89. The van der Waals surface area contributed by atoms with Crippen LogP contribution in [0.25, 0.3) is 0 Å². The molecule has 0 unspecified atom stereocenters. The van der Waals surface area contributed by atoms with Gasteiger partial charge in [-0.1, -0.05) is 19.9 Å². The number of nitrogens with one attached hydrogen (secondary N) is 1. The van der Waals surface area contributed by atoms with Crippen LogP contribution in [0.2, 0.25) is 0 Å². The van der Waals surface area contributed by atoms with Crippen molar-refractivity contribution >= 4 is 21.7 Å². The molecule has 0 aliphatic heterocycles. The molecule has 0 aromatic heterocycles. The smallest absolute Gasteiger partial charge is 0.321 e. The summed E-state index contributed by atoms with van der Waals surface area (Å²) in [6, 6.07) is 1.06. The Bertz CT molecular complexity index is 689. The lowest BCUT2D eigenvalue weighted by Gasteiger charge is -2.16. The number of nitrogens with zero attached hydrogens (tertiary/aromatic N) is 1. The number of benzene rings is 1. The van der Waals surface area contributed by atoms with Gasteiger partial charge in [-0.3, -0.25) is 14.9 Å². The van der Waals surface area contributed by atoms with Gasteiger partial charge in [0.2, 0.25) is 0 Å². The van der Waals surface area contributed by atoms with Crippen molar-refractivity contribution in [1.82, 2.24) is 4.72 Å². The van der Waals surface area contributed by atoms with Crippen LogP contribution in [0, 0.1) is 21.8 Å². The van der Waals surface area contributed by atoms with E-state index in [0.717, 1.165) is 18.2 Å². The highest BCUT2D eigenvalue weighted by atomic mass is 32.2. The molecule has 1 aromatic carbocycles. The third-order valence-corrected chi connectivity index (χ3v) is 4.25. The summed E-state index contributed by atoms with van der Waals surface area (Å²) >= 11 is 0. The first-order valence-corrected chi connectivity index (χ1v) is 7.72. The van der Waals surface area contributed by atoms with Crippen LogP contribution < -0.4 is 4.72 Å². The summed E-state index contributed by atoms with van der Waals surface area (Å²) < 4.78 is 39.9. The van der Waals surface area contributed by atoms with E-state index in [1.807, 2.05) is 0 Å². The maximum Gasteiger partial charge on any atom is 0.321 e. The van der Waals surface area contributed by atoms with Gasteiger partial charge in [-0.25, -0.2) is 12.8 Å². The fraction of sp³-hybridized carbons (Fsp3) is 0.417. The lowest BCUT2D eigenvalue weighted by Crippen LogP contribution is -2.42. The number of carboxylic acids is 1. The summed E-state index contributed by atoms with van der Waals surface area (Å²) in [4.78, 5) is 19.7. The van der Waals surface area contributed by atoms with Crippen LogP contribution in [-0.2, 0) is 14.8 Å². The van der Waals surface area contributed by atoms with E-state index < -0.39 is 43.4 Å². The number of aliphatic carboxylic acids is 1. The van der Waals surface area contributed by atoms with E-state index in [-0.39, 0.29) is 12.3 Å². The average Bonchev–Trinajstić information content (AvgIpc) is 2.36. The lowest BCUT2D eigenvalue weighted by molar-refractivity contribution is -0.388. The van der Waals surface area contributed by atoms with E-state index >= 15 is 0 Å². The molecular weight excluding hydrogens is 319 g/mol. The van der Waals surface area contributed by atoms with Gasteiger partial charge in [0.1, 0.15) is 11.9 Å². The summed E-state index contributed by atoms with van der Waals surface area (Å²) in [6.45, 7) is 3.35. The molecule has 22 heavy (non-hydrogen) atoms. The zero-order chi connectivity index (χ0) is 17.1. The number of nitro groups is 1. The standard InChI is InChI=1S/C12H15FN2O6S/c1-7(2)6-9(12(16)17)14-22(20,21)11-8(13)4-3-5-10(11)15(18)19/h3-5,7,9,14H,6H2,1-2H3,(H,16,17)/t9-/m1/s1. The van der Waals surface area contributed by atoms with Gasteiger partial charge in [0.15, 0.2) is 4.90 Å². The fourth-order valence-corrected chi connectivity index (χ4v) is 3.26. The van der Waals surface area contributed by atoms with Gasteiger partial charge in [-0.2, -0.15) is 4.72 Å². The van der Waals surface area contributed by atoms with Gasteiger partial charge in [0.25, 0.3) is 15.7 Å². The second-order valence-electron chi connectivity index (χ2n) is 4.99. The first kappa shape index (κ1) is 18.0. The number of rotatable bonds is 7. The van der Waals surface area contributed by atoms with Gasteiger partial charge in [0.05, 0.1) is 4.92 Å². The van der Waals surface area contributed by atoms with Crippen LogP contribution in [0.3, 0.4) is 0 Å². The minimum Gasteiger partial charge on any atom is -0.480 e. The number of carbonyl (C=O) groups is 1. The van der Waals surface area contributed by atoms with Crippen molar-refractivity contribution in [2.24, 2.45) is 5.92 Å². The molecule has 0 bridgehead atoms. The van der Waals surface area contributed by atoms with Crippen molar-refractivity contribution in [1.29, 1.82) is 0 Å². The van der Waals surface area contributed by atoms with Crippen LogP contribution in [0.1, 0.15) is 20.3 Å². The second-order valence-corrected chi connectivity index (χ2v) is 6.64. The number of hydrogen-bond donors (Lipinski definition) is 2. The minimum absolute atomic E-state index is 0.0448. The zero-order valence-electron chi connectivity index (χ0n) is 11.8. The van der Waals surface area contributed by atoms with E-state index in [4.69, 9.17) is 5.11 Å². The third-order valence-electron chi connectivity index (χ3n) is 2.71. The van der Waals surface area contributed by atoms with Crippen LogP contribution in [-0.4, -0.2) is 30.5 Å². The quantitative estimate of drug-likeness (QED) is 0.575. The van der Waals surface area contributed by atoms with Gasteiger partial charge in [-0.05, 0) is 18.4 Å². The predicted octanol–water partition coefficient (Wildman–Crippen LogP) is 1.51. The summed E-state index contributed by atoms with van der Waals surface area (Å²) in [5.74, 6) is -2.92. The van der Waals surface area contributed by atoms with Crippen molar-refractivity contribution in [2.45, 2.75) is 31.2 Å². The molecule has 0 spiro atoms. The highest BCUT2D eigenvalue weighted by Gasteiger charge is 2.33. The van der Waals surface area contributed by atoms with Gasteiger partial charge < -0.3 is 5.11 Å². The Kier molecular flexibility index (Phi) is 5.55. The van der Waals surface area contributed by atoms with Crippen molar-refractivity contribution in [3.63, 3.8) is 0 Å². The molecule has 0 saturated heterocycles. The molecule has 0 amide bonds. The highest BCUT2D eigenvalue weighted by Crippen LogP contribution is 2.26. The van der Waals surface area contributed by atoms with E-state index in [2.05, 4.69) is 0 Å². The molecule has 122 valence electrons. The molecule has 0 saturated carbocycles. The second kappa shape index (κ2) is 6.79. The summed E-state index contributed by atoms with van der Waals surface area (Å²) in [5, 5.41) is 19.9. The zero-order valence-corrected chi connectivity index (χ0v) is 12.6. The summed E-state index contributed by atoms with van der Waals surface area (Å²) in [5.41, 5.74) is -0.957. The fourth-order valence-electron chi connectivity index (χ4n) is 1.82. The number of carboxylic acid groups (broad SMARTS) is 1. The van der Waals surface area contributed by atoms with Crippen LogP contribution in [0.5, 0.6) is 0 Å². The maximum atomic E-state index is 13.7. The predicted molar refractivity (Wildman–Crippen MR) is 74.3 cm³/mol. The number of halogens is 1. The van der Waals surface area contributed by atoms with E-state index in [1.165, 1.54) is 0 Å². The van der Waals surface area contributed by atoms with Crippen molar-refractivity contribution < 1.29 is 27.6 Å². The van der Waals surface area contributed by atoms with Gasteiger partial charge in [-0.15, -0.1) is 0 Å². The van der Waals surface area contributed by atoms with Crippen LogP contribution >= 0.6 is 0 Å². The molecule has 0 aliphatic carbocycles. The summed E-state index contributed by atoms with van der Waals surface area (Å²) in [7, 11) is -4.70. The minimum atomic E-state index is -4.70. The van der Waals surface area contributed by atoms with Crippen molar-refractivity contribution in [3.8, 4) is 0 Å². The molecule has 0 radical (unpaired) electrons. The average molecular weight is 334 g/mol. The number of nitro benzene ring substituents is 1. The normalized spacial score (nSPS) is 13.1. The van der Waals surface area contributed by atoms with Crippen LogP contribution in [0.4, 0.5) is 10.1 Å². The molecule has 0 heterocycles. The number of sulfonamides is 1. The number of hydrogen-bond acceptors (Lipinski definition) is 5. The van der Waals surface area contributed by atoms with E-state index in [0.29, 0.717) is 0 Å². The molecule has 8 nitrogen and oxygen atoms in total. The summed E-state index contributed by atoms with van der Waals surface area (Å²) in [6.07, 6.45) is -0.0448. The molecule has 1 atom stereocenters. The monoisotopic (exact) mass is 334 g/mol. The van der Waals surface area contributed by atoms with Crippen molar-refractivity contribution in [2.75, 3.05) is 0 Å². The Morgan fingerprint density at radius 2 is 2.05 bits per heavy atom. The molecule has 1 aromatic rings. The molecule has 10 heteroatoms. The lowest BCUT2D eigenvalue weighted by atomic mass is 10.1. The maximum absolute atomic E-state index is 13.7. The molecule has 1 rings (SSSR count). The Hall–Kier alpha value is -2.07. The molecule has 2 N–H and O–H groups in total. The first-order chi connectivity index (χ1) is 10.1. The largest absolute Gasteiger partial charge is 0.480 e. The Labute approximate surface area is 126 Å². The Morgan fingerprint density at radius 3 is 2.50 bits per heavy atom. The first-order valence-electron chi connectivity index (χ1n) is 6.24. The van der Waals surface area contributed by atoms with Gasteiger partial charge >= 0.3 is 5.97 Å². The van der Waals surface area contributed by atoms with Crippen LogP contribution in [0.15, 0.2) is 23.1 Å². The third kappa shape index (κ3) is 4.21. The van der Waals surface area contributed by atoms with E-state index in [1.54, 1.807) is 18.6 Å². The molecular formula is C12H15FN2O6S. The Balaban J connectivity index is 3.30. The SMILES string of the molecule is CC(C)C[C@@H](NS(=O)(=O)c1c(F)cccc1[N+](=O)[O-])C(=O)O.